The third-order valence-corrected chi connectivity index (χ3v) is 3.04. The lowest BCUT2D eigenvalue weighted by molar-refractivity contribution is 0.360. The van der Waals surface area contributed by atoms with Crippen molar-refractivity contribution in [3.05, 3.63) is 52.6 Å². The average Bonchev–Trinajstić information content (AvgIpc) is 2.95. The molecule has 4 nitrogen and oxygen atoms in total. The molecule has 2 rings (SSSR count). The summed E-state index contributed by atoms with van der Waals surface area (Å²) in [5.74, 6) is -4.89. The second-order valence-electron chi connectivity index (χ2n) is 4.16. The molecule has 1 aromatic carbocycles. The second-order valence-corrected chi connectivity index (χ2v) is 4.16. The van der Waals surface area contributed by atoms with E-state index in [4.69, 9.17) is 5.84 Å². The minimum Gasteiger partial charge on any atom is -0.271 e. The van der Waals surface area contributed by atoms with E-state index in [1.54, 1.807) is 6.92 Å². The van der Waals surface area contributed by atoms with Gasteiger partial charge in [0, 0.05) is 12.7 Å². The molecule has 0 fully saturated rings. The molecule has 21 heavy (non-hydrogen) atoms. The number of halogens is 5. The van der Waals surface area contributed by atoms with Gasteiger partial charge in [-0.3, -0.25) is 10.5 Å². The van der Waals surface area contributed by atoms with Crippen LogP contribution in [0.25, 0.3) is 0 Å². The number of hydrogen-bond acceptors (Lipinski definition) is 3. The fourth-order valence-electron chi connectivity index (χ4n) is 2.04. The van der Waals surface area contributed by atoms with Crippen LogP contribution in [0.2, 0.25) is 0 Å². The fraction of sp³-hybridized carbons (Fsp3) is 0.250. The summed E-state index contributed by atoms with van der Waals surface area (Å²) in [5, 5.41) is 3.87. The minimum absolute atomic E-state index is 0.170. The summed E-state index contributed by atoms with van der Waals surface area (Å²) in [6, 6.07) is -0.0662. The van der Waals surface area contributed by atoms with Gasteiger partial charge < -0.3 is 0 Å². The summed E-state index contributed by atoms with van der Waals surface area (Å²) in [6.07, 6.45) is 1.33. The number of nitrogens with one attached hydrogen (secondary N) is 1. The van der Waals surface area contributed by atoms with Gasteiger partial charge in [-0.2, -0.15) is 5.10 Å². The van der Waals surface area contributed by atoms with Gasteiger partial charge in [-0.15, -0.1) is 0 Å². The first-order valence-electron chi connectivity index (χ1n) is 5.93. The van der Waals surface area contributed by atoms with E-state index >= 15 is 0 Å². The van der Waals surface area contributed by atoms with Gasteiger partial charge in [0.1, 0.15) is 0 Å². The lowest BCUT2D eigenvalue weighted by atomic mass is 10.0. The Kier molecular flexibility index (Phi) is 4.24. The molecule has 1 unspecified atom stereocenters. The highest BCUT2D eigenvalue weighted by atomic mass is 19.2. The Morgan fingerprint density at radius 1 is 1.10 bits per heavy atom. The van der Waals surface area contributed by atoms with Gasteiger partial charge in [0.05, 0.1) is 17.3 Å². The van der Waals surface area contributed by atoms with Gasteiger partial charge in [0.25, 0.3) is 0 Å². The Morgan fingerprint density at radius 3 is 2.10 bits per heavy atom. The highest BCUT2D eigenvalue weighted by Gasteiger charge is 2.32. The lowest BCUT2D eigenvalue weighted by Crippen LogP contribution is -2.33. The highest BCUT2D eigenvalue weighted by Crippen LogP contribution is 2.31. The first-order chi connectivity index (χ1) is 9.93. The van der Waals surface area contributed by atoms with E-state index in [0.29, 0.717) is 6.54 Å². The zero-order valence-corrected chi connectivity index (χ0v) is 10.8. The van der Waals surface area contributed by atoms with Gasteiger partial charge in [0.2, 0.25) is 5.82 Å². The Balaban J connectivity index is 2.69. The molecule has 0 bridgehead atoms. The van der Waals surface area contributed by atoms with E-state index in [0.717, 1.165) is 0 Å². The van der Waals surface area contributed by atoms with E-state index in [-0.39, 0.29) is 5.69 Å². The Bertz CT molecular complexity index is 641. The van der Waals surface area contributed by atoms with E-state index in [1.807, 2.05) is 0 Å². The molecular formula is C12H11F5N4. The number of aryl methyl sites for hydroxylation is 1. The smallest absolute Gasteiger partial charge is 0.200 e. The van der Waals surface area contributed by atoms with Crippen LogP contribution in [0.15, 0.2) is 12.3 Å². The topological polar surface area (TPSA) is 55.9 Å². The number of benzene rings is 1. The number of aromatic nitrogens is 2. The van der Waals surface area contributed by atoms with Crippen LogP contribution in [-0.4, -0.2) is 9.78 Å². The molecule has 114 valence electrons. The number of nitrogens with two attached hydrogens (primary N) is 1. The summed E-state index contributed by atoms with van der Waals surface area (Å²) in [5.41, 5.74) is 1.17. The molecule has 0 aliphatic rings. The third-order valence-electron chi connectivity index (χ3n) is 3.04. The van der Waals surface area contributed by atoms with Crippen LogP contribution in [0.5, 0.6) is 0 Å². The van der Waals surface area contributed by atoms with Crippen molar-refractivity contribution in [1.29, 1.82) is 0 Å². The van der Waals surface area contributed by atoms with E-state index in [9.17, 15) is 22.0 Å². The molecule has 0 amide bonds. The molecule has 0 spiro atoms. The van der Waals surface area contributed by atoms with Crippen molar-refractivity contribution in [3.8, 4) is 0 Å². The van der Waals surface area contributed by atoms with Crippen LogP contribution in [0.3, 0.4) is 0 Å². The van der Waals surface area contributed by atoms with Crippen LogP contribution in [-0.2, 0) is 6.54 Å². The first-order valence-corrected chi connectivity index (χ1v) is 5.93. The first kappa shape index (κ1) is 15.4. The van der Waals surface area contributed by atoms with Crippen LogP contribution >= 0.6 is 0 Å². The van der Waals surface area contributed by atoms with E-state index in [2.05, 4.69) is 10.5 Å². The number of rotatable bonds is 4. The van der Waals surface area contributed by atoms with Gasteiger partial charge in [-0.1, -0.05) is 0 Å². The van der Waals surface area contributed by atoms with Gasteiger partial charge in [-0.25, -0.2) is 27.4 Å². The summed E-state index contributed by atoms with van der Waals surface area (Å²) in [7, 11) is 0. The quantitative estimate of drug-likeness (QED) is 0.299. The third kappa shape index (κ3) is 2.38. The van der Waals surface area contributed by atoms with E-state index < -0.39 is 40.7 Å². The van der Waals surface area contributed by atoms with Crippen molar-refractivity contribution in [1.82, 2.24) is 15.2 Å². The maximum Gasteiger partial charge on any atom is 0.200 e. The molecule has 1 heterocycles. The molecule has 1 aromatic heterocycles. The molecule has 0 radical (unpaired) electrons. The van der Waals surface area contributed by atoms with Crippen molar-refractivity contribution >= 4 is 0 Å². The van der Waals surface area contributed by atoms with Crippen molar-refractivity contribution in [3.63, 3.8) is 0 Å². The molecule has 3 N–H and O–H groups in total. The maximum atomic E-state index is 13.8. The van der Waals surface area contributed by atoms with Crippen LogP contribution in [0.4, 0.5) is 22.0 Å². The Labute approximate surface area is 116 Å². The zero-order valence-electron chi connectivity index (χ0n) is 10.8. The summed E-state index contributed by atoms with van der Waals surface area (Å²) < 4.78 is 68.6. The average molecular weight is 306 g/mol. The zero-order chi connectivity index (χ0) is 15.7. The Morgan fingerprint density at radius 2 is 1.62 bits per heavy atom. The fourth-order valence-corrected chi connectivity index (χ4v) is 2.04. The summed E-state index contributed by atoms with van der Waals surface area (Å²) in [4.78, 5) is 0. The summed E-state index contributed by atoms with van der Waals surface area (Å²) in [6.45, 7) is 2.03. The molecule has 0 aliphatic heterocycles. The Hall–Kier alpha value is -2.00. The number of hydrazine groups is 1. The standard InChI is InChI=1S/C12H11F5N4/c1-2-21-5(3-4-19-21)12(20-18)6-7(13)9(15)11(17)10(16)8(6)14/h3-4,12,20H,2,18H2,1H3. The molecular weight excluding hydrogens is 295 g/mol. The molecule has 1 atom stereocenters. The normalized spacial score (nSPS) is 12.7. The number of nitrogens with zero attached hydrogens (tertiary/aromatic N) is 2. The molecule has 0 saturated heterocycles. The summed E-state index contributed by atoms with van der Waals surface area (Å²) >= 11 is 0. The van der Waals surface area contributed by atoms with Crippen molar-refractivity contribution in [2.24, 2.45) is 5.84 Å². The van der Waals surface area contributed by atoms with Crippen molar-refractivity contribution in [2.75, 3.05) is 0 Å². The van der Waals surface area contributed by atoms with Crippen LogP contribution in [0, 0.1) is 29.1 Å². The predicted octanol–water partition coefficient (Wildman–Crippen LogP) is 2.15. The SMILES string of the molecule is CCn1nccc1C(NN)c1c(F)c(F)c(F)c(F)c1F. The number of hydrogen-bond donors (Lipinski definition) is 2. The molecule has 2 aromatic rings. The van der Waals surface area contributed by atoms with Crippen molar-refractivity contribution < 1.29 is 22.0 Å². The molecule has 0 aliphatic carbocycles. The molecule has 9 heteroatoms. The lowest BCUT2D eigenvalue weighted by Gasteiger charge is -2.19. The molecule has 0 saturated carbocycles. The van der Waals surface area contributed by atoms with Gasteiger partial charge in [0.15, 0.2) is 23.3 Å². The van der Waals surface area contributed by atoms with Crippen molar-refractivity contribution in [2.45, 2.75) is 19.5 Å². The van der Waals surface area contributed by atoms with Gasteiger partial charge >= 0.3 is 0 Å². The minimum atomic E-state index is -2.21. The largest absolute Gasteiger partial charge is 0.271 e. The van der Waals surface area contributed by atoms with Gasteiger partial charge in [-0.05, 0) is 13.0 Å². The predicted molar refractivity (Wildman–Crippen MR) is 63.3 cm³/mol. The maximum absolute atomic E-state index is 13.8. The van der Waals surface area contributed by atoms with E-state index in [1.165, 1.54) is 16.9 Å². The van der Waals surface area contributed by atoms with Crippen LogP contribution in [0.1, 0.15) is 24.2 Å². The second kappa shape index (κ2) is 5.78. The van der Waals surface area contributed by atoms with Crippen LogP contribution < -0.4 is 11.3 Å². The monoisotopic (exact) mass is 306 g/mol. The highest BCUT2D eigenvalue weighted by molar-refractivity contribution is 5.32.